The monoisotopic (exact) mass is 447 g/mol. The molecule has 3 aromatic carbocycles. The molecule has 31 heavy (non-hydrogen) atoms. The van der Waals surface area contributed by atoms with Gasteiger partial charge in [-0.1, -0.05) is 48.0 Å². The molecule has 4 nitrogen and oxygen atoms in total. The van der Waals surface area contributed by atoms with Gasteiger partial charge in [0.05, 0.1) is 17.0 Å². The number of halogens is 1. The largest absolute Gasteiger partial charge is 0.450 e. The minimum absolute atomic E-state index is 0.122. The minimum atomic E-state index is -0.519. The zero-order valence-corrected chi connectivity index (χ0v) is 18.2. The first kappa shape index (κ1) is 19.9. The Morgan fingerprint density at radius 3 is 2.39 bits per heavy atom. The quantitative estimate of drug-likeness (QED) is 0.365. The maximum Gasteiger partial charge on any atom is 0.291 e. The van der Waals surface area contributed by atoms with Gasteiger partial charge in [0.1, 0.15) is 5.58 Å². The van der Waals surface area contributed by atoms with Crippen LogP contribution in [0.5, 0.6) is 0 Å². The third kappa shape index (κ3) is 3.44. The molecule has 0 bridgehead atoms. The van der Waals surface area contributed by atoms with Crippen molar-refractivity contribution in [1.82, 2.24) is 4.90 Å². The van der Waals surface area contributed by atoms with Gasteiger partial charge in [-0.15, -0.1) is 11.8 Å². The van der Waals surface area contributed by atoms with E-state index in [1.807, 2.05) is 42.7 Å². The molecule has 4 aromatic rings. The molecule has 1 aromatic heterocycles. The van der Waals surface area contributed by atoms with Crippen LogP contribution in [0.3, 0.4) is 0 Å². The van der Waals surface area contributed by atoms with Crippen molar-refractivity contribution in [3.05, 3.63) is 110 Å². The molecule has 5 rings (SSSR count). The number of fused-ring (bicyclic) bond motifs is 2. The highest BCUT2D eigenvalue weighted by Gasteiger charge is 2.42. The first-order chi connectivity index (χ1) is 15.1. The highest BCUT2D eigenvalue weighted by molar-refractivity contribution is 7.98. The van der Waals surface area contributed by atoms with E-state index in [0.29, 0.717) is 28.1 Å². The van der Waals surface area contributed by atoms with Gasteiger partial charge in [-0.3, -0.25) is 9.59 Å². The Hall–Kier alpha value is -3.02. The molecule has 6 heteroatoms. The molecular weight excluding hydrogens is 430 g/mol. The van der Waals surface area contributed by atoms with Gasteiger partial charge in [0.2, 0.25) is 5.76 Å². The number of para-hydroxylation sites is 1. The number of carbonyl (C=O) groups excluding carboxylic acids is 1. The first-order valence-electron chi connectivity index (χ1n) is 9.82. The molecule has 0 aliphatic carbocycles. The van der Waals surface area contributed by atoms with Crippen molar-refractivity contribution < 1.29 is 9.21 Å². The molecule has 1 aliphatic heterocycles. The van der Waals surface area contributed by atoms with Gasteiger partial charge in [-0.25, -0.2) is 0 Å². The van der Waals surface area contributed by atoms with Gasteiger partial charge in [0.15, 0.2) is 5.43 Å². The maximum atomic E-state index is 13.5. The van der Waals surface area contributed by atoms with E-state index in [1.54, 1.807) is 53.1 Å². The SMILES string of the molecule is CSc1ccc(C2c3c(oc4ccccc4c3=O)C(=O)N2Cc2ccc(Cl)cc2)cc1. The van der Waals surface area contributed by atoms with E-state index in [-0.39, 0.29) is 17.1 Å². The van der Waals surface area contributed by atoms with E-state index in [1.165, 1.54) is 0 Å². The lowest BCUT2D eigenvalue weighted by molar-refractivity contribution is 0.0714. The molecular formula is C25H18ClNO3S. The predicted molar refractivity (Wildman–Crippen MR) is 124 cm³/mol. The summed E-state index contributed by atoms with van der Waals surface area (Å²) < 4.78 is 5.96. The zero-order chi connectivity index (χ0) is 21.5. The molecule has 1 atom stereocenters. The van der Waals surface area contributed by atoms with Crippen molar-refractivity contribution in [2.75, 3.05) is 6.26 Å². The second-order valence-electron chi connectivity index (χ2n) is 7.41. The van der Waals surface area contributed by atoms with Gasteiger partial charge in [0.25, 0.3) is 5.91 Å². The Kier molecular flexibility index (Phi) is 5.08. The minimum Gasteiger partial charge on any atom is -0.450 e. The molecule has 0 saturated carbocycles. The molecule has 2 heterocycles. The zero-order valence-electron chi connectivity index (χ0n) is 16.7. The first-order valence-corrected chi connectivity index (χ1v) is 11.4. The molecule has 0 saturated heterocycles. The summed E-state index contributed by atoms with van der Waals surface area (Å²) in [5.41, 5.74) is 2.46. The molecule has 0 radical (unpaired) electrons. The number of carbonyl (C=O) groups is 1. The standard InChI is InChI=1S/C25H18ClNO3S/c1-31-18-12-8-16(9-13-18)22-21-23(28)19-4-2-3-5-20(19)30-24(21)25(29)27(22)14-15-6-10-17(26)11-7-15/h2-13,22H,14H2,1H3. The maximum absolute atomic E-state index is 13.5. The van der Waals surface area contributed by atoms with Crippen LogP contribution in [-0.2, 0) is 6.54 Å². The predicted octanol–water partition coefficient (Wildman–Crippen LogP) is 5.91. The third-order valence-corrected chi connectivity index (χ3v) is 6.57. The smallest absolute Gasteiger partial charge is 0.291 e. The molecule has 0 fully saturated rings. The highest BCUT2D eigenvalue weighted by Crippen LogP contribution is 2.39. The van der Waals surface area contributed by atoms with Crippen LogP contribution < -0.4 is 5.43 Å². The number of amides is 1. The van der Waals surface area contributed by atoms with Crippen LogP contribution in [-0.4, -0.2) is 17.1 Å². The molecule has 1 amide bonds. The van der Waals surface area contributed by atoms with Crippen molar-refractivity contribution in [3.63, 3.8) is 0 Å². The van der Waals surface area contributed by atoms with Crippen LogP contribution in [0.4, 0.5) is 0 Å². The van der Waals surface area contributed by atoms with E-state index < -0.39 is 6.04 Å². The highest BCUT2D eigenvalue weighted by atomic mass is 35.5. The number of nitrogens with zero attached hydrogens (tertiary/aromatic N) is 1. The molecule has 0 spiro atoms. The topological polar surface area (TPSA) is 50.5 Å². The van der Waals surface area contributed by atoms with E-state index in [0.717, 1.165) is 16.0 Å². The number of benzene rings is 3. The normalized spacial score (nSPS) is 15.5. The van der Waals surface area contributed by atoms with Crippen LogP contribution in [0.1, 0.15) is 33.3 Å². The van der Waals surface area contributed by atoms with E-state index in [4.69, 9.17) is 16.0 Å². The average molecular weight is 448 g/mol. The van der Waals surface area contributed by atoms with Gasteiger partial charge < -0.3 is 9.32 Å². The van der Waals surface area contributed by atoms with Crippen LogP contribution in [0.2, 0.25) is 5.02 Å². The summed E-state index contributed by atoms with van der Waals surface area (Å²) in [6, 6.07) is 21.9. The van der Waals surface area contributed by atoms with E-state index in [2.05, 4.69) is 0 Å². The van der Waals surface area contributed by atoms with Crippen LogP contribution >= 0.6 is 23.4 Å². The molecule has 0 N–H and O–H groups in total. The summed E-state index contributed by atoms with van der Waals surface area (Å²) >= 11 is 7.67. The lowest BCUT2D eigenvalue weighted by atomic mass is 9.98. The average Bonchev–Trinajstić information content (AvgIpc) is 3.07. The molecule has 154 valence electrons. The summed E-state index contributed by atoms with van der Waals surface area (Å²) in [6.45, 7) is 0.338. The fourth-order valence-electron chi connectivity index (χ4n) is 4.05. The van der Waals surface area contributed by atoms with Crippen molar-refractivity contribution in [2.45, 2.75) is 17.5 Å². The summed E-state index contributed by atoms with van der Waals surface area (Å²) in [5, 5.41) is 1.11. The van der Waals surface area contributed by atoms with Crippen molar-refractivity contribution in [2.24, 2.45) is 0 Å². The Bertz CT molecular complexity index is 1350. The van der Waals surface area contributed by atoms with E-state index in [9.17, 15) is 9.59 Å². The Morgan fingerprint density at radius 1 is 0.968 bits per heavy atom. The lowest BCUT2D eigenvalue weighted by Gasteiger charge is -2.25. The number of rotatable bonds is 4. The lowest BCUT2D eigenvalue weighted by Crippen LogP contribution is -2.29. The number of hydrogen-bond acceptors (Lipinski definition) is 4. The van der Waals surface area contributed by atoms with Crippen LogP contribution in [0, 0.1) is 0 Å². The molecule has 1 unspecified atom stereocenters. The third-order valence-electron chi connectivity index (χ3n) is 5.57. The second-order valence-corrected chi connectivity index (χ2v) is 8.72. The number of hydrogen-bond donors (Lipinski definition) is 0. The Labute approximate surface area is 188 Å². The van der Waals surface area contributed by atoms with E-state index >= 15 is 0 Å². The van der Waals surface area contributed by atoms with Crippen molar-refractivity contribution >= 4 is 40.2 Å². The molecule has 1 aliphatic rings. The van der Waals surface area contributed by atoms with Crippen LogP contribution in [0.15, 0.2) is 86.9 Å². The van der Waals surface area contributed by atoms with Gasteiger partial charge >= 0.3 is 0 Å². The van der Waals surface area contributed by atoms with Gasteiger partial charge in [-0.2, -0.15) is 0 Å². The fraction of sp³-hybridized carbons (Fsp3) is 0.120. The summed E-state index contributed by atoms with van der Waals surface area (Å²) in [4.78, 5) is 29.7. The van der Waals surface area contributed by atoms with Gasteiger partial charge in [0, 0.05) is 16.5 Å². The van der Waals surface area contributed by atoms with Crippen molar-refractivity contribution in [1.29, 1.82) is 0 Å². The van der Waals surface area contributed by atoms with Gasteiger partial charge in [-0.05, 0) is 53.8 Å². The Balaban J connectivity index is 1.69. The van der Waals surface area contributed by atoms with Crippen LogP contribution in [0.25, 0.3) is 11.0 Å². The summed E-state index contributed by atoms with van der Waals surface area (Å²) in [5.74, 6) is -0.164. The van der Waals surface area contributed by atoms with Crippen molar-refractivity contribution in [3.8, 4) is 0 Å². The summed E-state index contributed by atoms with van der Waals surface area (Å²) in [7, 11) is 0. The number of thioether (sulfide) groups is 1. The second kappa shape index (κ2) is 7.91. The Morgan fingerprint density at radius 2 is 1.68 bits per heavy atom. The fourth-order valence-corrected chi connectivity index (χ4v) is 4.58. The summed E-state index contributed by atoms with van der Waals surface area (Å²) in [6.07, 6.45) is 2.01.